The van der Waals surface area contributed by atoms with E-state index < -0.39 is 0 Å². The van der Waals surface area contributed by atoms with Gasteiger partial charge in [0.2, 0.25) is 5.91 Å². The third kappa shape index (κ3) is 6.98. The van der Waals surface area contributed by atoms with Crippen LogP contribution in [0.15, 0.2) is 48.5 Å². The van der Waals surface area contributed by atoms with E-state index in [4.69, 9.17) is 4.74 Å². The van der Waals surface area contributed by atoms with Crippen LogP contribution < -0.4 is 15.4 Å². The molecule has 1 unspecified atom stereocenters. The van der Waals surface area contributed by atoms with E-state index in [1.807, 2.05) is 26.1 Å². The Hall–Kier alpha value is -2.33. The summed E-state index contributed by atoms with van der Waals surface area (Å²) >= 11 is 0. The van der Waals surface area contributed by atoms with E-state index in [0.717, 1.165) is 17.7 Å². The zero-order valence-corrected chi connectivity index (χ0v) is 15.3. The molecule has 2 aromatic rings. The molecule has 0 fully saturated rings. The van der Waals surface area contributed by atoms with Crippen molar-refractivity contribution in [1.29, 1.82) is 0 Å². The first-order valence-corrected chi connectivity index (χ1v) is 8.78. The van der Waals surface area contributed by atoms with Crippen LogP contribution in [0.25, 0.3) is 0 Å². The van der Waals surface area contributed by atoms with Crippen LogP contribution in [-0.4, -0.2) is 25.5 Å². The molecule has 0 aliphatic rings. The average Bonchev–Trinajstić information content (AvgIpc) is 2.60. The standard InChI is InChI=1S/C21H28N2O2/c1-16-4-6-19(7-5-16)15-25-20-10-8-18(9-11-20)14-17(2)23-21(24)12-13-22-3/h4-11,17,22H,12-15H2,1-3H3,(H,23,24). The van der Waals surface area contributed by atoms with Crippen LogP contribution in [0.2, 0.25) is 0 Å². The molecule has 0 saturated heterocycles. The summed E-state index contributed by atoms with van der Waals surface area (Å²) in [5.41, 5.74) is 3.59. The first-order chi connectivity index (χ1) is 12.1. The summed E-state index contributed by atoms with van der Waals surface area (Å²) in [6.07, 6.45) is 1.32. The quantitative estimate of drug-likeness (QED) is 0.737. The van der Waals surface area contributed by atoms with Gasteiger partial charge in [-0.15, -0.1) is 0 Å². The Balaban J connectivity index is 1.78. The Labute approximate surface area is 150 Å². The lowest BCUT2D eigenvalue weighted by atomic mass is 10.1. The fourth-order valence-corrected chi connectivity index (χ4v) is 2.56. The molecular weight excluding hydrogens is 312 g/mol. The molecule has 0 aliphatic heterocycles. The molecule has 0 saturated carbocycles. The minimum atomic E-state index is 0.0832. The molecule has 0 radical (unpaired) electrons. The number of nitrogens with one attached hydrogen (secondary N) is 2. The topological polar surface area (TPSA) is 50.4 Å². The molecule has 4 heteroatoms. The summed E-state index contributed by atoms with van der Waals surface area (Å²) in [6, 6.07) is 16.6. The third-order valence-corrected chi connectivity index (χ3v) is 4.00. The smallest absolute Gasteiger partial charge is 0.221 e. The van der Waals surface area contributed by atoms with Gasteiger partial charge in [0.1, 0.15) is 12.4 Å². The number of amides is 1. The monoisotopic (exact) mass is 340 g/mol. The van der Waals surface area contributed by atoms with Crippen molar-refractivity contribution in [3.8, 4) is 5.75 Å². The minimum Gasteiger partial charge on any atom is -0.489 e. The van der Waals surface area contributed by atoms with Crippen molar-refractivity contribution in [3.63, 3.8) is 0 Å². The Kier molecular flexibility index (Phi) is 7.48. The zero-order chi connectivity index (χ0) is 18.1. The van der Waals surface area contributed by atoms with Crippen molar-refractivity contribution in [2.45, 2.75) is 39.3 Å². The fourth-order valence-electron chi connectivity index (χ4n) is 2.56. The molecule has 4 nitrogen and oxygen atoms in total. The number of carbonyl (C=O) groups excluding carboxylic acids is 1. The summed E-state index contributed by atoms with van der Waals surface area (Å²) in [6.45, 7) is 5.37. The van der Waals surface area contributed by atoms with E-state index in [1.54, 1.807) is 0 Å². The number of aryl methyl sites for hydroxylation is 1. The summed E-state index contributed by atoms with van der Waals surface area (Å²) in [5, 5.41) is 6.00. The first-order valence-electron chi connectivity index (χ1n) is 8.78. The van der Waals surface area contributed by atoms with Gasteiger partial charge in [-0.25, -0.2) is 0 Å². The minimum absolute atomic E-state index is 0.0832. The molecule has 0 bridgehead atoms. The van der Waals surface area contributed by atoms with Gasteiger partial charge in [0.25, 0.3) is 0 Å². The van der Waals surface area contributed by atoms with Gasteiger partial charge in [-0.2, -0.15) is 0 Å². The third-order valence-electron chi connectivity index (χ3n) is 4.00. The molecule has 2 rings (SSSR count). The molecule has 25 heavy (non-hydrogen) atoms. The van der Waals surface area contributed by atoms with Crippen molar-refractivity contribution in [2.24, 2.45) is 0 Å². The van der Waals surface area contributed by atoms with Gasteiger partial charge in [0.05, 0.1) is 0 Å². The lowest BCUT2D eigenvalue weighted by molar-refractivity contribution is -0.121. The van der Waals surface area contributed by atoms with E-state index in [1.165, 1.54) is 11.1 Å². The van der Waals surface area contributed by atoms with Crippen LogP contribution >= 0.6 is 0 Å². The van der Waals surface area contributed by atoms with Crippen LogP contribution in [-0.2, 0) is 17.8 Å². The van der Waals surface area contributed by atoms with E-state index >= 15 is 0 Å². The summed E-state index contributed by atoms with van der Waals surface area (Å²) < 4.78 is 5.82. The second-order valence-corrected chi connectivity index (χ2v) is 6.44. The Bertz CT molecular complexity index is 651. The predicted octanol–water partition coefficient (Wildman–Crippen LogP) is 3.23. The van der Waals surface area contributed by atoms with Crippen LogP contribution in [0.1, 0.15) is 30.0 Å². The van der Waals surface area contributed by atoms with Crippen LogP contribution in [0.5, 0.6) is 5.75 Å². The molecule has 1 atom stereocenters. The van der Waals surface area contributed by atoms with E-state index in [2.05, 4.69) is 54.0 Å². The molecule has 0 heterocycles. The molecule has 2 aromatic carbocycles. The summed E-state index contributed by atoms with van der Waals surface area (Å²) in [4.78, 5) is 11.7. The van der Waals surface area contributed by atoms with Gasteiger partial charge >= 0.3 is 0 Å². The molecule has 0 aliphatic carbocycles. The largest absolute Gasteiger partial charge is 0.489 e. The van der Waals surface area contributed by atoms with Crippen molar-refractivity contribution >= 4 is 5.91 Å². The second-order valence-electron chi connectivity index (χ2n) is 6.44. The second kappa shape index (κ2) is 9.84. The number of rotatable bonds is 9. The van der Waals surface area contributed by atoms with Crippen molar-refractivity contribution in [3.05, 3.63) is 65.2 Å². The predicted molar refractivity (Wildman–Crippen MR) is 102 cm³/mol. The van der Waals surface area contributed by atoms with Crippen molar-refractivity contribution in [2.75, 3.05) is 13.6 Å². The van der Waals surface area contributed by atoms with Gasteiger partial charge in [-0.05, 0) is 50.6 Å². The van der Waals surface area contributed by atoms with Gasteiger partial charge in [-0.1, -0.05) is 42.0 Å². The highest BCUT2D eigenvalue weighted by molar-refractivity contribution is 5.76. The lowest BCUT2D eigenvalue weighted by Crippen LogP contribution is -2.35. The highest BCUT2D eigenvalue weighted by Gasteiger charge is 2.08. The SMILES string of the molecule is CNCCC(=O)NC(C)Cc1ccc(OCc2ccc(C)cc2)cc1. The Morgan fingerprint density at radius 2 is 1.68 bits per heavy atom. The molecule has 2 N–H and O–H groups in total. The van der Waals surface area contributed by atoms with Crippen LogP contribution in [0, 0.1) is 6.92 Å². The summed E-state index contributed by atoms with van der Waals surface area (Å²) in [7, 11) is 1.85. The number of benzene rings is 2. The van der Waals surface area contributed by atoms with Gasteiger partial charge in [0.15, 0.2) is 0 Å². The molecule has 0 spiro atoms. The van der Waals surface area contributed by atoms with Gasteiger partial charge < -0.3 is 15.4 Å². The number of hydrogen-bond donors (Lipinski definition) is 2. The van der Waals surface area contributed by atoms with Crippen molar-refractivity contribution < 1.29 is 9.53 Å². The first kappa shape index (κ1) is 19.0. The summed E-state index contributed by atoms with van der Waals surface area (Å²) in [5.74, 6) is 0.940. The Morgan fingerprint density at radius 3 is 2.32 bits per heavy atom. The normalized spacial score (nSPS) is 11.8. The van der Waals surface area contributed by atoms with Gasteiger partial charge in [-0.3, -0.25) is 4.79 Å². The molecule has 1 amide bonds. The van der Waals surface area contributed by atoms with E-state index in [9.17, 15) is 4.79 Å². The number of ether oxygens (including phenoxy) is 1. The lowest BCUT2D eigenvalue weighted by Gasteiger charge is -2.14. The van der Waals surface area contributed by atoms with Crippen LogP contribution in [0.3, 0.4) is 0 Å². The average molecular weight is 340 g/mol. The molecule has 134 valence electrons. The molecule has 0 aromatic heterocycles. The fraction of sp³-hybridized carbons (Fsp3) is 0.381. The van der Waals surface area contributed by atoms with Crippen molar-refractivity contribution in [1.82, 2.24) is 10.6 Å². The number of hydrogen-bond acceptors (Lipinski definition) is 3. The maximum absolute atomic E-state index is 11.7. The van der Waals surface area contributed by atoms with Gasteiger partial charge in [0, 0.05) is 19.0 Å². The number of carbonyl (C=O) groups is 1. The maximum atomic E-state index is 11.7. The maximum Gasteiger partial charge on any atom is 0.221 e. The van der Waals surface area contributed by atoms with E-state index in [0.29, 0.717) is 19.6 Å². The van der Waals surface area contributed by atoms with E-state index in [-0.39, 0.29) is 11.9 Å². The molecular formula is C21H28N2O2. The highest BCUT2D eigenvalue weighted by atomic mass is 16.5. The highest BCUT2D eigenvalue weighted by Crippen LogP contribution is 2.15. The Morgan fingerprint density at radius 1 is 1.04 bits per heavy atom. The van der Waals surface area contributed by atoms with Crippen LogP contribution in [0.4, 0.5) is 0 Å². The zero-order valence-electron chi connectivity index (χ0n) is 15.3.